The minimum atomic E-state index is 0.122. The normalized spacial score (nSPS) is 24.0. The highest BCUT2D eigenvalue weighted by Crippen LogP contribution is 2.36. The van der Waals surface area contributed by atoms with Crippen LogP contribution < -0.4 is 4.74 Å². The van der Waals surface area contributed by atoms with Crippen LogP contribution in [-0.2, 0) is 9.53 Å². The maximum atomic E-state index is 11.8. The lowest BCUT2D eigenvalue weighted by molar-refractivity contribution is -0.124. The molecule has 1 aromatic rings. The number of benzene rings is 1. The topological polar surface area (TPSA) is 35.5 Å². The van der Waals surface area contributed by atoms with Gasteiger partial charge in [0.05, 0.1) is 0 Å². The van der Waals surface area contributed by atoms with Crippen molar-refractivity contribution in [3.05, 3.63) is 29.8 Å². The molecule has 0 spiro atoms. The molecule has 0 radical (unpaired) electrons. The Balaban J connectivity index is 2.14. The van der Waals surface area contributed by atoms with E-state index in [9.17, 15) is 4.79 Å². The highest BCUT2D eigenvalue weighted by atomic mass is 16.7. The number of carbonyl (C=O) groups excluding carboxylic acids is 1. The van der Waals surface area contributed by atoms with Crippen molar-refractivity contribution in [2.45, 2.75) is 32.1 Å². The molecule has 3 heteroatoms. The van der Waals surface area contributed by atoms with E-state index >= 15 is 0 Å². The van der Waals surface area contributed by atoms with Gasteiger partial charge in [0.2, 0.25) is 0 Å². The summed E-state index contributed by atoms with van der Waals surface area (Å²) in [6, 6.07) is 8.00. The predicted molar refractivity (Wildman–Crippen MR) is 69.7 cm³/mol. The summed E-state index contributed by atoms with van der Waals surface area (Å²) in [5.41, 5.74) is 1.20. The minimum absolute atomic E-state index is 0.122. The van der Waals surface area contributed by atoms with E-state index in [1.807, 2.05) is 25.1 Å². The molecule has 0 aliphatic heterocycles. The zero-order chi connectivity index (χ0) is 13.0. The van der Waals surface area contributed by atoms with Crippen molar-refractivity contribution in [3.8, 4) is 5.75 Å². The van der Waals surface area contributed by atoms with Gasteiger partial charge >= 0.3 is 0 Å². The van der Waals surface area contributed by atoms with Crippen LogP contribution in [0, 0.1) is 5.92 Å². The standard InChI is InChI=1S/C15H20O3/c1-11-14(7-4-8-15(11)16)12-5-3-6-13(9-12)18-10-17-2/h3,5-6,9,11,14H,4,7-8,10H2,1-2H3/t11-,14+/m0/s1. The SMILES string of the molecule is COCOc1cccc([C@@H]2CCCC(=O)[C@H]2C)c1. The molecule has 0 bridgehead atoms. The van der Waals surface area contributed by atoms with E-state index < -0.39 is 0 Å². The largest absolute Gasteiger partial charge is 0.468 e. The molecule has 18 heavy (non-hydrogen) atoms. The number of ether oxygens (including phenoxy) is 2. The summed E-state index contributed by atoms with van der Waals surface area (Å²) in [6.45, 7) is 2.29. The Labute approximate surface area is 108 Å². The molecule has 2 atom stereocenters. The van der Waals surface area contributed by atoms with Gasteiger partial charge in [0, 0.05) is 19.4 Å². The van der Waals surface area contributed by atoms with Crippen molar-refractivity contribution in [2.24, 2.45) is 5.92 Å². The first-order valence-corrected chi connectivity index (χ1v) is 6.47. The van der Waals surface area contributed by atoms with Crippen LogP contribution in [0.1, 0.15) is 37.7 Å². The average Bonchev–Trinajstić information content (AvgIpc) is 2.40. The summed E-state index contributed by atoms with van der Waals surface area (Å²) in [7, 11) is 1.60. The van der Waals surface area contributed by atoms with Gasteiger partial charge in [-0.2, -0.15) is 0 Å². The van der Waals surface area contributed by atoms with Crippen molar-refractivity contribution >= 4 is 5.78 Å². The first-order valence-electron chi connectivity index (χ1n) is 6.47. The maximum absolute atomic E-state index is 11.8. The Hall–Kier alpha value is -1.35. The third kappa shape index (κ3) is 2.91. The van der Waals surface area contributed by atoms with Gasteiger partial charge in [-0.3, -0.25) is 4.79 Å². The van der Waals surface area contributed by atoms with Crippen molar-refractivity contribution in [2.75, 3.05) is 13.9 Å². The zero-order valence-electron chi connectivity index (χ0n) is 11.0. The maximum Gasteiger partial charge on any atom is 0.188 e. The molecule has 1 aliphatic rings. The van der Waals surface area contributed by atoms with Crippen LogP contribution in [0.15, 0.2) is 24.3 Å². The Bertz CT molecular complexity index is 414. The van der Waals surface area contributed by atoms with Gasteiger partial charge in [0.1, 0.15) is 11.5 Å². The van der Waals surface area contributed by atoms with Crippen molar-refractivity contribution in [1.82, 2.24) is 0 Å². The fourth-order valence-corrected chi connectivity index (χ4v) is 2.62. The number of hydrogen-bond acceptors (Lipinski definition) is 3. The van der Waals surface area contributed by atoms with Crippen molar-refractivity contribution < 1.29 is 14.3 Å². The van der Waals surface area contributed by atoms with Crippen molar-refractivity contribution in [3.63, 3.8) is 0 Å². The number of methoxy groups -OCH3 is 1. The van der Waals surface area contributed by atoms with E-state index in [1.54, 1.807) is 7.11 Å². The number of ketones is 1. The van der Waals surface area contributed by atoms with Crippen LogP contribution in [0.2, 0.25) is 0 Å². The second-order valence-corrected chi connectivity index (χ2v) is 4.88. The van der Waals surface area contributed by atoms with Crippen LogP contribution in [-0.4, -0.2) is 19.7 Å². The van der Waals surface area contributed by atoms with Crippen LogP contribution in [0.4, 0.5) is 0 Å². The first kappa shape index (κ1) is 13.1. The molecule has 3 nitrogen and oxygen atoms in total. The van der Waals surface area contributed by atoms with Crippen LogP contribution in [0.5, 0.6) is 5.75 Å². The average molecular weight is 248 g/mol. The number of hydrogen-bond donors (Lipinski definition) is 0. The van der Waals surface area contributed by atoms with E-state index in [4.69, 9.17) is 9.47 Å². The summed E-state index contributed by atoms with van der Waals surface area (Å²) < 4.78 is 10.3. The summed E-state index contributed by atoms with van der Waals surface area (Å²) >= 11 is 0. The van der Waals surface area contributed by atoms with Gasteiger partial charge in [-0.05, 0) is 36.5 Å². The third-order valence-corrected chi connectivity index (χ3v) is 3.68. The molecule has 0 amide bonds. The van der Waals surface area contributed by atoms with Gasteiger partial charge < -0.3 is 9.47 Å². The summed E-state index contributed by atoms with van der Waals surface area (Å²) in [5.74, 6) is 1.64. The number of rotatable bonds is 4. The quantitative estimate of drug-likeness (QED) is 0.768. The van der Waals surface area contributed by atoms with E-state index in [0.717, 1.165) is 25.0 Å². The molecule has 0 heterocycles. The lowest BCUT2D eigenvalue weighted by atomic mass is 9.76. The molecule has 0 aromatic heterocycles. The van der Waals surface area contributed by atoms with Gasteiger partial charge in [-0.15, -0.1) is 0 Å². The van der Waals surface area contributed by atoms with Crippen LogP contribution in [0.25, 0.3) is 0 Å². The van der Waals surface area contributed by atoms with E-state index in [0.29, 0.717) is 11.7 Å². The molecule has 1 fully saturated rings. The van der Waals surface area contributed by atoms with Crippen molar-refractivity contribution in [1.29, 1.82) is 0 Å². The van der Waals surface area contributed by atoms with Crippen LogP contribution >= 0.6 is 0 Å². The minimum Gasteiger partial charge on any atom is -0.468 e. The monoisotopic (exact) mass is 248 g/mol. The highest BCUT2D eigenvalue weighted by molar-refractivity contribution is 5.82. The molecule has 0 saturated heterocycles. The molecule has 0 unspecified atom stereocenters. The Morgan fingerprint density at radius 3 is 3.00 bits per heavy atom. The van der Waals surface area contributed by atoms with Crippen LogP contribution in [0.3, 0.4) is 0 Å². The Kier molecular flexibility index (Phi) is 4.37. The molecule has 1 saturated carbocycles. The Morgan fingerprint density at radius 2 is 2.22 bits per heavy atom. The smallest absolute Gasteiger partial charge is 0.188 e. The second-order valence-electron chi connectivity index (χ2n) is 4.88. The highest BCUT2D eigenvalue weighted by Gasteiger charge is 2.29. The molecule has 1 aromatic carbocycles. The molecular weight excluding hydrogens is 228 g/mol. The molecule has 2 rings (SSSR count). The number of carbonyl (C=O) groups is 1. The fourth-order valence-electron chi connectivity index (χ4n) is 2.62. The first-order chi connectivity index (χ1) is 8.72. The lowest BCUT2D eigenvalue weighted by Gasteiger charge is -2.28. The summed E-state index contributed by atoms with van der Waals surface area (Å²) in [4.78, 5) is 11.8. The Morgan fingerprint density at radius 1 is 1.39 bits per heavy atom. The van der Waals surface area contributed by atoms with Gasteiger partial charge in [0.15, 0.2) is 6.79 Å². The summed E-state index contributed by atoms with van der Waals surface area (Å²) in [6.07, 6.45) is 2.81. The lowest BCUT2D eigenvalue weighted by Crippen LogP contribution is -2.24. The molecular formula is C15H20O3. The van der Waals surface area contributed by atoms with E-state index in [2.05, 4.69) is 6.07 Å². The van der Waals surface area contributed by atoms with Gasteiger partial charge in [0.25, 0.3) is 0 Å². The predicted octanol–water partition coefficient (Wildman–Crippen LogP) is 3.14. The summed E-state index contributed by atoms with van der Waals surface area (Å²) in [5, 5.41) is 0. The second kappa shape index (κ2) is 6.01. The van der Waals surface area contributed by atoms with Gasteiger partial charge in [-0.1, -0.05) is 19.1 Å². The molecule has 98 valence electrons. The molecule has 0 N–H and O–H groups in total. The fraction of sp³-hybridized carbons (Fsp3) is 0.533. The third-order valence-electron chi connectivity index (χ3n) is 3.68. The zero-order valence-corrected chi connectivity index (χ0v) is 11.0. The van der Waals surface area contributed by atoms with Gasteiger partial charge in [-0.25, -0.2) is 0 Å². The number of Topliss-reactive ketones (excluding diaryl/α,β-unsaturated/α-hetero) is 1. The van der Waals surface area contributed by atoms with E-state index in [1.165, 1.54) is 5.56 Å². The van der Waals surface area contributed by atoms with E-state index in [-0.39, 0.29) is 12.7 Å². The molecule has 1 aliphatic carbocycles.